The number of aromatic nitrogens is 1. The Hall–Kier alpha value is -3.19. The molecule has 114 valence electrons. The average Bonchev–Trinajstić information content (AvgIpc) is 2.70. The van der Waals surface area contributed by atoms with Crippen LogP contribution in [0.4, 0.5) is 0 Å². The molecule has 1 heteroatoms. The van der Waals surface area contributed by atoms with Gasteiger partial charge in [-0.2, -0.15) is 0 Å². The smallest absolute Gasteiger partial charge is 0.0273 e. The fourth-order valence-corrected chi connectivity index (χ4v) is 2.91. The van der Waals surface area contributed by atoms with E-state index < -0.39 is 0 Å². The van der Waals surface area contributed by atoms with Gasteiger partial charge in [-0.1, -0.05) is 72.8 Å². The summed E-state index contributed by atoms with van der Waals surface area (Å²) < 4.78 is 0. The molecule has 0 radical (unpaired) electrons. The molecule has 0 amide bonds. The molecule has 1 heterocycles. The maximum Gasteiger partial charge on any atom is 0.0273 e. The molecule has 0 fully saturated rings. The van der Waals surface area contributed by atoms with Crippen LogP contribution in [0.5, 0.6) is 0 Å². The molecule has 0 aliphatic rings. The largest absolute Gasteiger partial charge is 0.265 e. The maximum absolute atomic E-state index is 4.09. The molecule has 0 bridgehead atoms. The molecule has 0 spiro atoms. The van der Waals surface area contributed by atoms with Crippen LogP contribution in [0.1, 0.15) is 0 Å². The highest BCUT2D eigenvalue weighted by Crippen LogP contribution is 2.28. The second-order valence-corrected chi connectivity index (χ2v) is 5.76. The molecule has 24 heavy (non-hydrogen) atoms. The van der Waals surface area contributed by atoms with E-state index >= 15 is 0 Å². The molecule has 0 aliphatic carbocycles. The quantitative estimate of drug-likeness (QED) is 0.447. The molecule has 4 aromatic rings. The molecule has 4 rings (SSSR count). The lowest BCUT2D eigenvalue weighted by Crippen LogP contribution is -1.83. The van der Waals surface area contributed by atoms with Crippen LogP contribution in [-0.4, -0.2) is 4.98 Å². The summed E-state index contributed by atoms with van der Waals surface area (Å²) in [7, 11) is 0. The highest BCUT2D eigenvalue weighted by Gasteiger charge is 2.03. The lowest BCUT2D eigenvalue weighted by Gasteiger charge is -2.07. The monoisotopic (exact) mass is 307 g/mol. The molecule has 3 aromatic carbocycles. The van der Waals surface area contributed by atoms with Crippen molar-refractivity contribution < 1.29 is 0 Å². The molecule has 0 N–H and O–H groups in total. The van der Waals surface area contributed by atoms with Crippen molar-refractivity contribution in [3.8, 4) is 33.4 Å². The van der Waals surface area contributed by atoms with Gasteiger partial charge < -0.3 is 0 Å². The summed E-state index contributed by atoms with van der Waals surface area (Å²) in [5.41, 5.74) is 7.34. The van der Waals surface area contributed by atoms with E-state index in [1.807, 2.05) is 30.6 Å². The van der Waals surface area contributed by atoms with Crippen molar-refractivity contribution in [2.75, 3.05) is 0 Å². The number of nitrogens with zero attached hydrogens (tertiary/aromatic N) is 1. The first kappa shape index (κ1) is 14.4. The van der Waals surface area contributed by atoms with Gasteiger partial charge in [-0.15, -0.1) is 0 Å². The van der Waals surface area contributed by atoms with Crippen LogP contribution in [-0.2, 0) is 0 Å². The van der Waals surface area contributed by atoms with Crippen LogP contribution >= 0.6 is 0 Å². The SMILES string of the molecule is c1ccc(-c2ccc(-c3cccc(-c4ccncc4)c3)cc2)cc1. The molecular weight excluding hydrogens is 290 g/mol. The van der Waals surface area contributed by atoms with E-state index in [0.29, 0.717) is 0 Å². The minimum absolute atomic E-state index is 1.19. The summed E-state index contributed by atoms with van der Waals surface area (Å²) in [6.45, 7) is 0. The van der Waals surface area contributed by atoms with E-state index in [0.717, 1.165) is 0 Å². The van der Waals surface area contributed by atoms with Gasteiger partial charge in [0.05, 0.1) is 0 Å². The Labute approximate surface area is 142 Å². The zero-order valence-electron chi connectivity index (χ0n) is 13.3. The third-order valence-electron chi connectivity index (χ3n) is 4.20. The molecular formula is C23H17N. The zero-order valence-corrected chi connectivity index (χ0v) is 13.3. The van der Waals surface area contributed by atoms with Crippen molar-refractivity contribution in [1.29, 1.82) is 0 Å². The van der Waals surface area contributed by atoms with E-state index in [-0.39, 0.29) is 0 Å². The minimum atomic E-state index is 1.19. The summed E-state index contributed by atoms with van der Waals surface area (Å²) in [5, 5.41) is 0. The number of benzene rings is 3. The molecule has 0 unspecified atom stereocenters. The van der Waals surface area contributed by atoms with E-state index in [1.165, 1.54) is 33.4 Å². The van der Waals surface area contributed by atoms with E-state index in [4.69, 9.17) is 0 Å². The average molecular weight is 307 g/mol. The summed E-state index contributed by atoms with van der Waals surface area (Å²) in [6, 6.07) is 31.9. The highest BCUT2D eigenvalue weighted by molar-refractivity contribution is 5.75. The standard InChI is InChI=1S/C23H17N/c1-2-5-18(6-3-1)19-9-11-20(12-10-19)22-7-4-8-23(17-22)21-13-15-24-16-14-21/h1-17H. The first-order chi connectivity index (χ1) is 11.9. The highest BCUT2D eigenvalue weighted by atomic mass is 14.6. The summed E-state index contributed by atoms with van der Waals surface area (Å²) in [6.07, 6.45) is 3.66. The van der Waals surface area contributed by atoms with Crippen molar-refractivity contribution in [2.24, 2.45) is 0 Å². The zero-order chi connectivity index (χ0) is 16.2. The summed E-state index contributed by atoms with van der Waals surface area (Å²) in [5.74, 6) is 0. The number of hydrogen-bond acceptors (Lipinski definition) is 1. The van der Waals surface area contributed by atoms with Crippen molar-refractivity contribution in [1.82, 2.24) is 4.98 Å². The fraction of sp³-hybridized carbons (Fsp3) is 0. The Balaban J connectivity index is 1.67. The first-order valence-electron chi connectivity index (χ1n) is 8.06. The van der Waals surface area contributed by atoms with Gasteiger partial charge in [0.25, 0.3) is 0 Å². The van der Waals surface area contributed by atoms with Crippen LogP contribution in [0.15, 0.2) is 103 Å². The van der Waals surface area contributed by atoms with Crippen molar-refractivity contribution in [3.05, 3.63) is 103 Å². The van der Waals surface area contributed by atoms with Crippen molar-refractivity contribution in [3.63, 3.8) is 0 Å². The van der Waals surface area contributed by atoms with Gasteiger partial charge in [-0.3, -0.25) is 4.98 Å². The number of pyridine rings is 1. The van der Waals surface area contributed by atoms with Gasteiger partial charge in [-0.25, -0.2) is 0 Å². The van der Waals surface area contributed by atoms with E-state index in [9.17, 15) is 0 Å². The molecule has 0 aliphatic heterocycles. The van der Waals surface area contributed by atoms with Crippen LogP contribution < -0.4 is 0 Å². The Morgan fingerprint density at radius 3 is 1.46 bits per heavy atom. The van der Waals surface area contributed by atoms with Crippen LogP contribution in [0.25, 0.3) is 33.4 Å². The molecule has 1 aromatic heterocycles. The van der Waals surface area contributed by atoms with Gasteiger partial charge in [0.1, 0.15) is 0 Å². The third-order valence-corrected chi connectivity index (χ3v) is 4.20. The van der Waals surface area contributed by atoms with Gasteiger partial charge in [0.2, 0.25) is 0 Å². The summed E-state index contributed by atoms with van der Waals surface area (Å²) in [4.78, 5) is 4.09. The third kappa shape index (κ3) is 2.97. The molecule has 0 saturated heterocycles. The Kier molecular flexibility index (Phi) is 3.91. The van der Waals surface area contributed by atoms with E-state index in [1.54, 1.807) is 0 Å². The molecule has 1 nitrogen and oxygen atoms in total. The van der Waals surface area contributed by atoms with Crippen LogP contribution in [0.3, 0.4) is 0 Å². The summed E-state index contributed by atoms with van der Waals surface area (Å²) >= 11 is 0. The lowest BCUT2D eigenvalue weighted by atomic mass is 9.97. The molecule has 0 saturated carbocycles. The first-order valence-corrected chi connectivity index (χ1v) is 8.06. The Morgan fingerprint density at radius 1 is 0.375 bits per heavy atom. The minimum Gasteiger partial charge on any atom is -0.265 e. The van der Waals surface area contributed by atoms with Crippen LogP contribution in [0.2, 0.25) is 0 Å². The normalized spacial score (nSPS) is 10.5. The number of hydrogen-bond donors (Lipinski definition) is 0. The Bertz CT molecular complexity index is 926. The van der Waals surface area contributed by atoms with Gasteiger partial charge >= 0.3 is 0 Å². The topological polar surface area (TPSA) is 12.9 Å². The van der Waals surface area contributed by atoms with E-state index in [2.05, 4.69) is 77.8 Å². The Morgan fingerprint density at radius 2 is 0.833 bits per heavy atom. The predicted molar refractivity (Wildman–Crippen MR) is 101 cm³/mol. The van der Waals surface area contributed by atoms with Gasteiger partial charge in [-0.05, 0) is 51.6 Å². The van der Waals surface area contributed by atoms with Gasteiger partial charge in [0.15, 0.2) is 0 Å². The second-order valence-electron chi connectivity index (χ2n) is 5.76. The van der Waals surface area contributed by atoms with Crippen molar-refractivity contribution >= 4 is 0 Å². The molecule has 0 atom stereocenters. The lowest BCUT2D eigenvalue weighted by molar-refractivity contribution is 1.33. The van der Waals surface area contributed by atoms with Crippen LogP contribution in [0, 0.1) is 0 Å². The van der Waals surface area contributed by atoms with Crippen molar-refractivity contribution in [2.45, 2.75) is 0 Å². The second kappa shape index (κ2) is 6.51. The van der Waals surface area contributed by atoms with Gasteiger partial charge in [0, 0.05) is 12.4 Å². The number of rotatable bonds is 3. The maximum atomic E-state index is 4.09. The predicted octanol–water partition coefficient (Wildman–Crippen LogP) is 6.08. The fourth-order valence-electron chi connectivity index (χ4n) is 2.91.